The third kappa shape index (κ3) is 5.81. The molecule has 0 saturated carbocycles. The van der Waals surface area contributed by atoms with Crippen molar-refractivity contribution in [2.75, 3.05) is 24.4 Å². The fourth-order valence-electron chi connectivity index (χ4n) is 3.45. The number of amides is 2. The number of nitrogens with one attached hydrogen (secondary N) is 2. The number of aryl methyl sites for hydroxylation is 1. The molecule has 0 radical (unpaired) electrons. The van der Waals surface area contributed by atoms with Gasteiger partial charge in [-0.1, -0.05) is 18.2 Å². The van der Waals surface area contributed by atoms with Crippen LogP contribution in [-0.4, -0.2) is 42.4 Å². The van der Waals surface area contributed by atoms with Gasteiger partial charge in [0.25, 0.3) is 17.5 Å². The van der Waals surface area contributed by atoms with Gasteiger partial charge >= 0.3 is 11.9 Å². The van der Waals surface area contributed by atoms with E-state index in [0.29, 0.717) is 5.56 Å². The lowest BCUT2D eigenvalue weighted by molar-refractivity contribution is -0.385. The van der Waals surface area contributed by atoms with Crippen molar-refractivity contribution in [3.05, 3.63) is 85.3 Å². The van der Waals surface area contributed by atoms with Crippen LogP contribution in [0.4, 0.5) is 16.4 Å². The summed E-state index contributed by atoms with van der Waals surface area (Å²) in [7, 11) is 1.22. The van der Waals surface area contributed by atoms with Gasteiger partial charge in [-0.2, -0.15) is 0 Å². The first-order valence-corrected chi connectivity index (χ1v) is 11.8. The molecule has 12 heteroatoms. The summed E-state index contributed by atoms with van der Waals surface area (Å²) in [5, 5.41) is 16.5. The molecular formula is C25H23N3O8S. The van der Waals surface area contributed by atoms with E-state index in [2.05, 4.69) is 10.6 Å². The number of nitrogens with zero attached hydrogens (tertiary/aromatic N) is 1. The van der Waals surface area contributed by atoms with Gasteiger partial charge in [-0.25, -0.2) is 9.59 Å². The topological polar surface area (TPSA) is 154 Å². The summed E-state index contributed by atoms with van der Waals surface area (Å²) in [6.45, 7) is 4.74. The molecule has 0 atom stereocenters. The number of hydrogen-bond acceptors (Lipinski definition) is 9. The Labute approximate surface area is 215 Å². The molecule has 0 spiro atoms. The maximum absolute atomic E-state index is 13.2. The van der Waals surface area contributed by atoms with Crippen molar-refractivity contribution in [2.45, 2.75) is 20.8 Å². The highest BCUT2D eigenvalue weighted by Crippen LogP contribution is 2.35. The second-order valence-corrected chi connectivity index (χ2v) is 8.71. The monoisotopic (exact) mass is 525 g/mol. The standard InChI is InChI=1S/C25H23N3O8S/c1-5-36-25(32)19-14(3)20(22(30)26-17-9-7-6-8-16(17)24(31)35-4)37-23(19)27-21(29)15-11-10-13(2)18(12-15)28(33)34/h6-12H,5H2,1-4H3,(H,26,30)(H,27,29). The second-order valence-electron chi connectivity index (χ2n) is 7.68. The van der Waals surface area contributed by atoms with Crippen molar-refractivity contribution in [3.8, 4) is 0 Å². The van der Waals surface area contributed by atoms with Crippen molar-refractivity contribution in [2.24, 2.45) is 0 Å². The van der Waals surface area contributed by atoms with Crippen molar-refractivity contribution >= 4 is 51.5 Å². The van der Waals surface area contributed by atoms with E-state index in [-0.39, 0.29) is 50.1 Å². The molecule has 0 fully saturated rings. The lowest BCUT2D eigenvalue weighted by Crippen LogP contribution is -2.16. The van der Waals surface area contributed by atoms with Crippen LogP contribution >= 0.6 is 11.3 Å². The number of carbonyl (C=O) groups is 4. The molecule has 192 valence electrons. The minimum Gasteiger partial charge on any atom is -0.465 e. The van der Waals surface area contributed by atoms with Crippen molar-refractivity contribution in [3.63, 3.8) is 0 Å². The number of benzene rings is 2. The fourth-order valence-corrected chi connectivity index (χ4v) is 4.53. The maximum Gasteiger partial charge on any atom is 0.341 e. The first-order chi connectivity index (χ1) is 17.6. The van der Waals surface area contributed by atoms with E-state index in [1.54, 1.807) is 26.0 Å². The Hall–Kier alpha value is -4.58. The highest BCUT2D eigenvalue weighted by atomic mass is 32.1. The molecule has 2 amide bonds. The van der Waals surface area contributed by atoms with Crippen LogP contribution in [0.3, 0.4) is 0 Å². The average molecular weight is 526 g/mol. The smallest absolute Gasteiger partial charge is 0.341 e. The first kappa shape index (κ1) is 27.0. The van der Waals surface area contributed by atoms with Crippen molar-refractivity contribution < 1.29 is 33.6 Å². The average Bonchev–Trinajstić information content (AvgIpc) is 3.19. The number of thiophene rings is 1. The molecule has 0 saturated heterocycles. The molecule has 2 aromatic carbocycles. The molecule has 1 heterocycles. The molecule has 0 unspecified atom stereocenters. The Bertz CT molecular complexity index is 1410. The number of methoxy groups -OCH3 is 1. The van der Waals surface area contributed by atoms with Crippen LogP contribution in [0, 0.1) is 24.0 Å². The predicted molar refractivity (Wildman–Crippen MR) is 137 cm³/mol. The zero-order valence-corrected chi connectivity index (χ0v) is 21.2. The molecule has 0 aliphatic carbocycles. The van der Waals surface area contributed by atoms with Gasteiger partial charge in [0.15, 0.2) is 0 Å². The van der Waals surface area contributed by atoms with E-state index < -0.39 is 28.7 Å². The van der Waals surface area contributed by atoms with Crippen LogP contribution in [0.2, 0.25) is 0 Å². The summed E-state index contributed by atoms with van der Waals surface area (Å²) >= 11 is 0.829. The zero-order valence-electron chi connectivity index (χ0n) is 20.4. The Balaban J connectivity index is 1.99. The van der Waals surface area contributed by atoms with E-state index in [1.807, 2.05) is 0 Å². The van der Waals surface area contributed by atoms with E-state index in [9.17, 15) is 29.3 Å². The number of esters is 2. The third-order valence-electron chi connectivity index (χ3n) is 5.31. The molecule has 3 rings (SSSR count). The van der Waals surface area contributed by atoms with Gasteiger partial charge in [0.2, 0.25) is 0 Å². The summed E-state index contributed by atoms with van der Waals surface area (Å²) < 4.78 is 9.86. The molecular weight excluding hydrogens is 502 g/mol. The molecule has 37 heavy (non-hydrogen) atoms. The van der Waals surface area contributed by atoms with Crippen LogP contribution in [-0.2, 0) is 9.47 Å². The minimum absolute atomic E-state index is 0.00355. The van der Waals surface area contributed by atoms with Crippen LogP contribution in [0.1, 0.15) is 58.8 Å². The first-order valence-electron chi connectivity index (χ1n) is 10.9. The van der Waals surface area contributed by atoms with Gasteiger partial charge in [0.05, 0.1) is 40.3 Å². The summed E-state index contributed by atoms with van der Waals surface area (Å²) in [5.41, 5.74) is 0.706. The van der Waals surface area contributed by atoms with E-state index >= 15 is 0 Å². The maximum atomic E-state index is 13.2. The molecule has 2 N–H and O–H groups in total. The molecule has 0 bridgehead atoms. The lowest BCUT2D eigenvalue weighted by Gasteiger charge is -2.09. The molecule has 3 aromatic rings. The van der Waals surface area contributed by atoms with Gasteiger partial charge in [-0.05, 0) is 44.5 Å². The van der Waals surface area contributed by atoms with Crippen LogP contribution in [0.25, 0.3) is 0 Å². The number of carbonyl (C=O) groups excluding carboxylic acids is 4. The number of anilines is 2. The SMILES string of the molecule is CCOC(=O)c1c(NC(=O)c2ccc(C)c([N+](=O)[O-])c2)sc(C(=O)Nc2ccccc2C(=O)OC)c1C. The van der Waals surface area contributed by atoms with Gasteiger partial charge in [0, 0.05) is 17.2 Å². The normalized spacial score (nSPS) is 10.4. The summed E-state index contributed by atoms with van der Waals surface area (Å²) in [6.07, 6.45) is 0. The van der Waals surface area contributed by atoms with E-state index in [4.69, 9.17) is 9.47 Å². The number of ether oxygens (including phenoxy) is 2. The van der Waals surface area contributed by atoms with Gasteiger partial charge in [-0.15, -0.1) is 11.3 Å². The Morgan fingerprint density at radius 3 is 2.35 bits per heavy atom. The largest absolute Gasteiger partial charge is 0.465 e. The van der Waals surface area contributed by atoms with E-state index in [1.165, 1.54) is 38.3 Å². The highest BCUT2D eigenvalue weighted by Gasteiger charge is 2.28. The number of hydrogen-bond donors (Lipinski definition) is 2. The lowest BCUT2D eigenvalue weighted by atomic mass is 10.1. The molecule has 0 aliphatic rings. The van der Waals surface area contributed by atoms with Crippen molar-refractivity contribution in [1.29, 1.82) is 0 Å². The second kappa shape index (κ2) is 11.4. The van der Waals surface area contributed by atoms with Gasteiger partial charge in [-0.3, -0.25) is 19.7 Å². The number of nitro benzene ring substituents is 1. The highest BCUT2D eigenvalue weighted by molar-refractivity contribution is 7.19. The Kier molecular flexibility index (Phi) is 8.35. The summed E-state index contributed by atoms with van der Waals surface area (Å²) in [6, 6.07) is 10.2. The predicted octanol–water partition coefficient (Wildman–Crippen LogP) is 4.74. The molecule has 11 nitrogen and oxygen atoms in total. The minimum atomic E-state index is -0.754. The van der Waals surface area contributed by atoms with Crippen LogP contribution in [0.5, 0.6) is 0 Å². The van der Waals surface area contributed by atoms with Gasteiger partial charge < -0.3 is 20.1 Å². The number of rotatable bonds is 8. The fraction of sp³-hybridized carbons (Fsp3) is 0.200. The van der Waals surface area contributed by atoms with Crippen LogP contribution in [0.15, 0.2) is 42.5 Å². The summed E-state index contributed by atoms with van der Waals surface area (Å²) in [5.74, 6) is -2.74. The molecule has 0 aliphatic heterocycles. The summed E-state index contributed by atoms with van der Waals surface area (Å²) in [4.78, 5) is 61.6. The van der Waals surface area contributed by atoms with Crippen LogP contribution < -0.4 is 10.6 Å². The van der Waals surface area contributed by atoms with Gasteiger partial charge in [0.1, 0.15) is 5.00 Å². The quantitative estimate of drug-likeness (QED) is 0.243. The third-order valence-corrected chi connectivity index (χ3v) is 6.51. The van der Waals surface area contributed by atoms with E-state index in [0.717, 1.165) is 17.4 Å². The zero-order chi connectivity index (χ0) is 27.3. The number of nitro groups is 1. The Morgan fingerprint density at radius 1 is 1.00 bits per heavy atom. The molecule has 1 aromatic heterocycles. The number of para-hydroxylation sites is 1. The van der Waals surface area contributed by atoms with Crippen molar-refractivity contribution in [1.82, 2.24) is 0 Å². The Morgan fingerprint density at radius 2 is 1.70 bits per heavy atom.